The summed E-state index contributed by atoms with van der Waals surface area (Å²) in [6.45, 7) is 6.46. The smallest absolute Gasteiger partial charge is 0.196 e. The SMILES string of the molecule is CCC1(C)C=CC(NC(=S)N=C(N)N)C(C)=C1. The van der Waals surface area contributed by atoms with Crippen LogP contribution in [0, 0.1) is 5.41 Å². The minimum Gasteiger partial charge on any atom is -0.370 e. The van der Waals surface area contributed by atoms with Crippen LogP contribution in [0.3, 0.4) is 0 Å². The molecule has 5 heteroatoms. The molecule has 0 fully saturated rings. The molecule has 0 aromatic rings. The normalized spacial score (nSPS) is 27.2. The fourth-order valence-corrected chi connectivity index (χ4v) is 2.02. The van der Waals surface area contributed by atoms with E-state index < -0.39 is 0 Å². The Kier molecular flexibility index (Phi) is 4.28. The van der Waals surface area contributed by atoms with E-state index in [1.54, 1.807) is 0 Å². The standard InChI is InChI=1S/C12H20N4S/c1-4-12(3)6-5-9(8(2)7-12)15-11(17)16-10(13)14/h5-7,9H,4H2,1-3H3,(H5,13,14,15,16,17). The third-order valence-corrected chi connectivity index (χ3v) is 3.20. The molecule has 0 saturated heterocycles. The summed E-state index contributed by atoms with van der Waals surface area (Å²) >= 11 is 5.03. The first-order chi connectivity index (χ1) is 7.86. The van der Waals surface area contributed by atoms with Crippen molar-refractivity contribution in [2.75, 3.05) is 0 Å². The van der Waals surface area contributed by atoms with Crippen molar-refractivity contribution in [3.05, 3.63) is 23.8 Å². The summed E-state index contributed by atoms with van der Waals surface area (Å²) < 4.78 is 0. The van der Waals surface area contributed by atoms with Crippen LogP contribution in [0.25, 0.3) is 0 Å². The Morgan fingerprint density at radius 2 is 2.24 bits per heavy atom. The number of nitrogens with one attached hydrogen (secondary N) is 1. The van der Waals surface area contributed by atoms with Gasteiger partial charge in [0.25, 0.3) is 0 Å². The fourth-order valence-electron chi connectivity index (χ4n) is 1.79. The molecule has 1 aliphatic rings. The zero-order valence-electron chi connectivity index (χ0n) is 10.5. The third kappa shape index (κ3) is 3.85. The van der Waals surface area contributed by atoms with E-state index in [0.29, 0.717) is 5.11 Å². The lowest BCUT2D eigenvalue weighted by Gasteiger charge is -2.29. The van der Waals surface area contributed by atoms with Crippen LogP contribution in [-0.4, -0.2) is 17.1 Å². The summed E-state index contributed by atoms with van der Waals surface area (Å²) in [5.41, 5.74) is 11.9. The van der Waals surface area contributed by atoms with E-state index in [0.717, 1.165) is 6.42 Å². The molecule has 0 aliphatic heterocycles. The molecule has 0 heterocycles. The number of guanidine groups is 1. The molecule has 0 bridgehead atoms. The van der Waals surface area contributed by atoms with Gasteiger partial charge in [0.15, 0.2) is 11.1 Å². The van der Waals surface area contributed by atoms with Gasteiger partial charge in [-0.05, 0) is 25.6 Å². The van der Waals surface area contributed by atoms with E-state index in [1.807, 2.05) is 0 Å². The highest BCUT2D eigenvalue weighted by Gasteiger charge is 2.22. The highest BCUT2D eigenvalue weighted by Crippen LogP contribution is 2.31. The largest absolute Gasteiger partial charge is 0.370 e. The van der Waals surface area contributed by atoms with Crippen LogP contribution in [0.1, 0.15) is 27.2 Å². The van der Waals surface area contributed by atoms with Gasteiger partial charge < -0.3 is 16.8 Å². The first-order valence-electron chi connectivity index (χ1n) is 5.65. The van der Waals surface area contributed by atoms with Crippen molar-refractivity contribution < 1.29 is 0 Å². The average molecular weight is 252 g/mol. The molecule has 0 saturated carbocycles. The number of hydrogen-bond donors (Lipinski definition) is 3. The van der Waals surface area contributed by atoms with Crippen molar-refractivity contribution in [2.45, 2.75) is 33.2 Å². The third-order valence-electron chi connectivity index (χ3n) is 2.99. The van der Waals surface area contributed by atoms with Crippen LogP contribution in [0.2, 0.25) is 0 Å². The maximum Gasteiger partial charge on any atom is 0.196 e. The van der Waals surface area contributed by atoms with E-state index in [-0.39, 0.29) is 17.4 Å². The molecule has 0 radical (unpaired) electrons. The lowest BCUT2D eigenvalue weighted by atomic mass is 9.80. The topological polar surface area (TPSA) is 76.4 Å². The molecule has 0 aromatic heterocycles. The van der Waals surface area contributed by atoms with Crippen molar-refractivity contribution in [3.63, 3.8) is 0 Å². The Hall–Kier alpha value is -1.36. The molecule has 5 N–H and O–H groups in total. The second kappa shape index (κ2) is 5.31. The van der Waals surface area contributed by atoms with Gasteiger partial charge in [0.05, 0.1) is 6.04 Å². The zero-order valence-corrected chi connectivity index (χ0v) is 11.3. The van der Waals surface area contributed by atoms with Crippen LogP contribution in [0.15, 0.2) is 28.8 Å². The second-order valence-corrected chi connectivity index (χ2v) is 4.96. The molecular formula is C12H20N4S. The number of rotatable bonds is 2. The van der Waals surface area contributed by atoms with Gasteiger partial charge in [0, 0.05) is 5.41 Å². The molecule has 1 aliphatic carbocycles. The molecule has 4 nitrogen and oxygen atoms in total. The molecule has 2 unspecified atom stereocenters. The maximum absolute atomic E-state index is 5.27. The summed E-state index contributed by atoms with van der Waals surface area (Å²) in [6.07, 6.45) is 7.62. The minimum absolute atomic E-state index is 0.0256. The predicted octanol–water partition coefficient (Wildman–Crippen LogP) is 1.44. The van der Waals surface area contributed by atoms with Crippen molar-refractivity contribution in [1.82, 2.24) is 5.32 Å². The highest BCUT2D eigenvalue weighted by atomic mass is 32.1. The van der Waals surface area contributed by atoms with Gasteiger partial charge in [-0.3, -0.25) is 0 Å². The van der Waals surface area contributed by atoms with Crippen LogP contribution in [0.4, 0.5) is 0 Å². The predicted molar refractivity (Wildman–Crippen MR) is 76.6 cm³/mol. The van der Waals surface area contributed by atoms with Gasteiger partial charge in [-0.2, -0.15) is 4.99 Å². The summed E-state index contributed by atoms with van der Waals surface area (Å²) in [7, 11) is 0. The number of allylic oxidation sites excluding steroid dienone is 2. The quantitative estimate of drug-likeness (QED) is 0.301. The number of aliphatic imine (C=N–C) groups is 1. The number of hydrogen-bond acceptors (Lipinski definition) is 1. The van der Waals surface area contributed by atoms with Crippen LogP contribution in [0.5, 0.6) is 0 Å². The van der Waals surface area contributed by atoms with Crippen molar-refractivity contribution in [1.29, 1.82) is 0 Å². The Morgan fingerprint density at radius 3 is 2.71 bits per heavy atom. The average Bonchev–Trinajstić information content (AvgIpc) is 2.21. The van der Waals surface area contributed by atoms with Crippen molar-refractivity contribution in [3.8, 4) is 0 Å². The van der Waals surface area contributed by atoms with E-state index in [2.05, 4.69) is 49.3 Å². The van der Waals surface area contributed by atoms with Crippen molar-refractivity contribution in [2.24, 2.45) is 21.9 Å². The van der Waals surface area contributed by atoms with Crippen LogP contribution in [-0.2, 0) is 0 Å². The monoisotopic (exact) mass is 252 g/mol. The number of nitrogens with two attached hydrogens (primary N) is 2. The summed E-state index contributed by atoms with van der Waals surface area (Å²) in [4.78, 5) is 3.79. The van der Waals surface area contributed by atoms with Crippen LogP contribution < -0.4 is 16.8 Å². The molecular weight excluding hydrogens is 232 g/mol. The lowest BCUT2D eigenvalue weighted by molar-refractivity contribution is 0.509. The van der Waals surface area contributed by atoms with Gasteiger partial charge in [-0.1, -0.05) is 37.6 Å². The van der Waals surface area contributed by atoms with Gasteiger partial charge in [0.2, 0.25) is 0 Å². The maximum atomic E-state index is 5.27. The Balaban J connectivity index is 2.72. The van der Waals surface area contributed by atoms with Crippen molar-refractivity contribution >= 4 is 23.3 Å². The summed E-state index contributed by atoms with van der Waals surface area (Å²) in [5.74, 6) is -0.0256. The van der Waals surface area contributed by atoms with E-state index in [9.17, 15) is 0 Å². The first kappa shape index (κ1) is 13.7. The molecule has 94 valence electrons. The Labute approximate surface area is 108 Å². The molecule has 2 atom stereocenters. The molecule has 0 amide bonds. The molecule has 0 spiro atoms. The van der Waals surface area contributed by atoms with Gasteiger partial charge >= 0.3 is 0 Å². The Morgan fingerprint density at radius 1 is 1.59 bits per heavy atom. The molecule has 1 rings (SSSR count). The van der Waals surface area contributed by atoms with Gasteiger partial charge in [-0.15, -0.1) is 0 Å². The van der Waals surface area contributed by atoms with Gasteiger partial charge in [0.1, 0.15) is 0 Å². The lowest BCUT2D eigenvalue weighted by Crippen LogP contribution is -2.37. The Bertz CT molecular complexity index is 393. The number of nitrogens with zero attached hydrogens (tertiary/aromatic N) is 1. The van der Waals surface area contributed by atoms with E-state index >= 15 is 0 Å². The molecule has 17 heavy (non-hydrogen) atoms. The van der Waals surface area contributed by atoms with Crippen LogP contribution >= 0.6 is 12.2 Å². The molecule has 0 aromatic carbocycles. The highest BCUT2D eigenvalue weighted by molar-refractivity contribution is 7.80. The minimum atomic E-state index is -0.0256. The van der Waals surface area contributed by atoms with E-state index in [4.69, 9.17) is 23.7 Å². The summed E-state index contributed by atoms with van der Waals surface area (Å²) in [5, 5.41) is 3.40. The second-order valence-electron chi connectivity index (χ2n) is 4.57. The summed E-state index contributed by atoms with van der Waals surface area (Å²) in [6, 6.07) is 0.0743. The van der Waals surface area contributed by atoms with E-state index in [1.165, 1.54) is 5.57 Å². The first-order valence-corrected chi connectivity index (χ1v) is 6.06. The zero-order chi connectivity index (χ0) is 13.1. The van der Waals surface area contributed by atoms with Gasteiger partial charge in [-0.25, -0.2) is 0 Å². The number of thiocarbonyl (C=S) groups is 1. The fraction of sp³-hybridized carbons (Fsp3) is 0.500.